The highest BCUT2D eigenvalue weighted by atomic mass is 32.1. The Balaban J connectivity index is 1.54. The van der Waals surface area contributed by atoms with Crippen LogP contribution in [0.1, 0.15) is 24.2 Å². The highest BCUT2D eigenvalue weighted by Gasteiger charge is 2.43. The lowest BCUT2D eigenvalue weighted by Gasteiger charge is -2.21. The number of aromatic nitrogens is 4. The maximum absolute atomic E-state index is 11.5. The van der Waals surface area contributed by atoms with Gasteiger partial charge in [-0.05, 0) is 30.4 Å². The molecule has 2 aromatic heterocycles. The van der Waals surface area contributed by atoms with E-state index in [1.807, 2.05) is 24.3 Å². The molecule has 1 atom stereocenters. The summed E-state index contributed by atoms with van der Waals surface area (Å²) in [6, 6.07) is 8.06. The third kappa shape index (κ3) is 2.67. The maximum Gasteiger partial charge on any atom is 0.336 e. The zero-order valence-corrected chi connectivity index (χ0v) is 13.7. The minimum Gasteiger partial charge on any atom is -0.479 e. The number of carbonyl (C=O) groups is 1. The number of hydrogen-bond acceptors (Lipinski definition) is 6. The van der Waals surface area contributed by atoms with Crippen molar-refractivity contribution < 1.29 is 14.6 Å². The Labute approximate surface area is 142 Å². The van der Waals surface area contributed by atoms with E-state index in [0.717, 1.165) is 22.2 Å². The van der Waals surface area contributed by atoms with Crippen LogP contribution in [0.2, 0.25) is 0 Å². The molecule has 0 spiro atoms. The lowest BCUT2D eigenvalue weighted by Crippen LogP contribution is -2.40. The molecule has 1 saturated heterocycles. The van der Waals surface area contributed by atoms with Crippen LogP contribution in [0.3, 0.4) is 0 Å². The molecular weight excluding hydrogens is 328 g/mol. The molecule has 1 aliphatic heterocycles. The Morgan fingerprint density at radius 2 is 2.29 bits per heavy atom. The van der Waals surface area contributed by atoms with Crippen molar-refractivity contribution in [2.75, 3.05) is 6.61 Å². The largest absolute Gasteiger partial charge is 0.479 e. The predicted molar refractivity (Wildman–Crippen MR) is 88.0 cm³/mol. The van der Waals surface area contributed by atoms with Gasteiger partial charge in [-0.15, -0.1) is 5.10 Å². The molecule has 1 fully saturated rings. The molecule has 0 radical (unpaired) electrons. The van der Waals surface area contributed by atoms with Crippen LogP contribution >= 0.6 is 11.5 Å². The van der Waals surface area contributed by atoms with Crippen LogP contribution in [0.5, 0.6) is 0 Å². The van der Waals surface area contributed by atoms with Crippen LogP contribution in [0.4, 0.5) is 0 Å². The summed E-state index contributed by atoms with van der Waals surface area (Å²) in [6.07, 6.45) is 3.28. The summed E-state index contributed by atoms with van der Waals surface area (Å²) in [5.41, 5.74) is 0.407. The van der Waals surface area contributed by atoms with Crippen molar-refractivity contribution >= 4 is 27.6 Å². The standard InChI is InChI=1S/C16H16N4O3S/c21-15(22)16(6-3-7-23-16)8-11-9-20(19-17-11)10-13-12-4-1-2-5-14(12)24-18-13/h1-2,4-5,9H,3,6-8,10H2,(H,21,22). The van der Waals surface area contributed by atoms with Crippen LogP contribution in [0, 0.1) is 0 Å². The van der Waals surface area contributed by atoms with Crippen LogP contribution in [-0.4, -0.2) is 42.7 Å². The summed E-state index contributed by atoms with van der Waals surface area (Å²) >= 11 is 1.46. The molecule has 4 rings (SSSR count). The van der Waals surface area contributed by atoms with Gasteiger partial charge in [-0.25, -0.2) is 9.48 Å². The first-order valence-electron chi connectivity index (χ1n) is 7.76. The fourth-order valence-corrected chi connectivity index (χ4v) is 3.86. The highest BCUT2D eigenvalue weighted by Crippen LogP contribution is 2.29. The van der Waals surface area contributed by atoms with Gasteiger partial charge in [0.15, 0.2) is 5.60 Å². The van der Waals surface area contributed by atoms with Gasteiger partial charge in [0.2, 0.25) is 0 Å². The van der Waals surface area contributed by atoms with E-state index in [4.69, 9.17) is 4.74 Å². The third-order valence-electron chi connectivity index (χ3n) is 4.31. The second-order valence-electron chi connectivity index (χ2n) is 5.96. The van der Waals surface area contributed by atoms with Gasteiger partial charge < -0.3 is 9.84 Å². The number of fused-ring (bicyclic) bond motifs is 1. The third-order valence-corrected chi connectivity index (χ3v) is 5.17. The fourth-order valence-electron chi connectivity index (χ4n) is 3.08. The molecule has 0 aliphatic carbocycles. The summed E-state index contributed by atoms with van der Waals surface area (Å²) < 4.78 is 12.8. The fraction of sp³-hybridized carbons (Fsp3) is 0.375. The van der Waals surface area contributed by atoms with E-state index in [1.165, 1.54) is 11.5 Å². The lowest BCUT2D eigenvalue weighted by atomic mass is 9.95. The molecule has 0 bridgehead atoms. The van der Waals surface area contributed by atoms with Crippen molar-refractivity contribution in [1.29, 1.82) is 0 Å². The van der Waals surface area contributed by atoms with Crippen molar-refractivity contribution in [1.82, 2.24) is 19.4 Å². The van der Waals surface area contributed by atoms with Crippen molar-refractivity contribution in [2.45, 2.75) is 31.4 Å². The SMILES string of the molecule is O=C(O)C1(Cc2cn(Cc3nsc4ccccc34)nn2)CCCO1. The molecular formula is C16H16N4O3S. The minimum absolute atomic E-state index is 0.236. The molecule has 8 heteroatoms. The van der Waals surface area contributed by atoms with Crippen LogP contribution < -0.4 is 0 Å². The van der Waals surface area contributed by atoms with E-state index < -0.39 is 11.6 Å². The molecule has 0 saturated carbocycles. The topological polar surface area (TPSA) is 90.1 Å². The van der Waals surface area contributed by atoms with Gasteiger partial charge in [-0.2, -0.15) is 4.37 Å². The summed E-state index contributed by atoms with van der Waals surface area (Å²) in [7, 11) is 0. The second kappa shape index (κ2) is 5.95. The number of ether oxygens (including phenoxy) is 1. The van der Waals surface area contributed by atoms with Crippen LogP contribution in [-0.2, 0) is 22.5 Å². The van der Waals surface area contributed by atoms with Gasteiger partial charge in [-0.1, -0.05) is 23.4 Å². The average molecular weight is 344 g/mol. The van der Waals surface area contributed by atoms with Gasteiger partial charge in [-0.3, -0.25) is 0 Å². The Bertz CT molecular complexity index is 882. The highest BCUT2D eigenvalue weighted by molar-refractivity contribution is 7.13. The van der Waals surface area contributed by atoms with Crippen molar-refractivity contribution in [3.63, 3.8) is 0 Å². The summed E-state index contributed by atoms with van der Waals surface area (Å²) in [5.74, 6) is -0.931. The number of carboxylic acid groups (broad SMARTS) is 1. The van der Waals surface area contributed by atoms with E-state index in [1.54, 1.807) is 10.9 Å². The van der Waals surface area contributed by atoms with E-state index >= 15 is 0 Å². The van der Waals surface area contributed by atoms with Crippen molar-refractivity contribution in [3.8, 4) is 0 Å². The van der Waals surface area contributed by atoms with E-state index in [0.29, 0.717) is 25.3 Å². The van der Waals surface area contributed by atoms with Crippen LogP contribution in [0.25, 0.3) is 10.1 Å². The van der Waals surface area contributed by atoms with Gasteiger partial charge in [0.1, 0.15) is 0 Å². The summed E-state index contributed by atoms with van der Waals surface area (Å²) in [4.78, 5) is 11.5. The molecule has 1 N–H and O–H groups in total. The first-order valence-corrected chi connectivity index (χ1v) is 8.53. The number of benzene rings is 1. The minimum atomic E-state index is -1.16. The molecule has 1 aromatic carbocycles. The molecule has 1 unspecified atom stereocenters. The normalized spacial score (nSPS) is 20.7. The molecule has 124 valence electrons. The number of rotatable bonds is 5. The van der Waals surface area contributed by atoms with Crippen molar-refractivity contribution in [2.24, 2.45) is 0 Å². The summed E-state index contributed by atoms with van der Waals surface area (Å²) in [6.45, 7) is 0.989. The lowest BCUT2D eigenvalue weighted by molar-refractivity contribution is -0.160. The second-order valence-corrected chi connectivity index (χ2v) is 6.77. The van der Waals surface area contributed by atoms with E-state index in [2.05, 4.69) is 14.7 Å². The molecule has 7 nitrogen and oxygen atoms in total. The molecule has 0 amide bonds. The van der Waals surface area contributed by atoms with Crippen LogP contribution in [0.15, 0.2) is 30.5 Å². The Kier molecular flexibility index (Phi) is 3.78. The van der Waals surface area contributed by atoms with Crippen molar-refractivity contribution in [3.05, 3.63) is 41.9 Å². The van der Waals surface area contributed by atoms with Gasteiger partial charge in [0.25, 0.3) is 0 Å². The first kappa shape index (κ1) is 15.2. The van der Waals surface area contributed by atoms with E-state index in [-0.39, 0.29) is 6.42 Å². The van der Waals surface area contributed by atoms with Gasteiger partial charge in [0.05, 0.1) is 22.6 Å². The predicted octanol–water partition coefficient (Wildman–Crippen LogP) is 2.11. The smallest absolute Gasteiger partial charge is 0.336 e. The molecule has 3 heterocycles. The quantitative estimate of drug-likeness (QED) is 0.762. The Hall–Kier alpha value is -2.32. The number of carboxylic acids is 1. The Morgan fingerprint density at radius 1 is 1.42 bits per heavy atom. The van der Waals surface area contributed by atoms with Gasteiger partial charge >= 0.3 is 5.97 Å². The Morgan fingerprint density at radius 3 is 3.08 bits per heavy atom. The molecule has 3 aromatic rings. The number of hydrogen-bond donors (Lipinski definition) is 1. The first-order chi connectivity index (χ1) is 11.7. The maximum atomic E-state index is 11.5. The monoisotopic (exact) mass is 344 g/mol. The zero-order chi connectivity index (χ0) is 16.6. The average Bonchev–Trinajstić information content (AvgIpc) is 3.30. The molecule has 24 heavy (non-hydrogen) atoms. The molecule has 1 aliphatic rings. The number of aliphatic carboxylic acids is 1. The summed E-state index contributed by atoms with van der Waals surface area (Å²) in [5, 5.41) is 18.8. The van der Waals surface area contributed by atoms with E-state index in [9.17, 15) is 9.90 Å². The van der Waals surface area contributed by atoms with Gasteiger partial charge in [0, 0.05) is 24.6 Å². The zero-order valence-electron chi connectivity index (χ0n) is 12.9. The number of nitrogens with zero attached hydrogens (tertiary/aromatic N) is 4.